The maximum Gasteiger partial charge on any atom is 0.154 e. The van der Waals surface area contributed by atoms with Gasteiger partial charge in [0.2, 0.25) is 0 Å². The molecule has 0 amide bonds. The first kappa shape index (κ1) is 11.5. The molecule has 80 valence electrons. The lowest BCUT2D eigenvalue weighted by Gasteiger charge is -1.92. The van der Waals surface area contributed by atoms with Gasteiger partial charge >= 0.3 is 0 Å². The van der Waals surface area contributed by atoms with Gasteiger partial charge in [-0.1, -0.05) is 0 Å². The Bertz CT molecular complexity index is 385. The third-order valence-corrected chi connectivity index (χ3v) is 3.45. The summed E-state index contributed by atoms with van der Waals surface area (Å²) in [6.45, 7) is 0.827. The summed E-state index contributed by atoms with van der Waals surface area (Å²) >= 11 is 1.36. The van der Waals surface area contributed by atoms with Crippen LogP contribution in [-0.4, -0.2) is 38.5 Å². The zero-order valence-corrected chi connectivity index (χ0v) is 9.78. The average molecular weight is 235 g/mol. The van der Waals surface area contributed by atoms with Crippen LogP contribution in [0.25, 0.3) is 0 Å². The van der Waals surface area contributed by atoms with Gasteiger partial charge in [-0.2, -0.15) is 0 Å². The quantitative estimate of drug-likeness (QED) is 0.768. The zero-order chi connectivity index (χ0) is 10.6. The van der Waals surface area contributed by atoms with E-state index in [1.807, 2.05) is 7.05 Å². The maximum atomic E-state index is 11.0. The van der Waals surface area contributed by atoms with Crippen molar-refractivity contribution >= 4 is 21.2 Å². The van der Waals surface area contributed by atoms with Crippen LogP contribution in [-0.2, 0) is 22.0 Å². The van der Waals surface area contributed by atoms with E-state index in [-0.39, 0.29) is 5.75 Å². The smallest absolute Gasteiger partial charge is 0.154 e. The Morgan fingerprint density at radius 2 is 2.00 bits per heavy atom. The van der Waals surface area contributed by atoms with E-state index in [1.165, 1.54) is 17.6 Å². The molecule has 7 heteroatoms. The minimum atomic E-state index is -2.99. The minimum absolute atomic E-state index is 0.00970. The molecule has 5 nitrogen and oxygen atoms in total. The first-order valence-corrected chi connectivity index (χ1v) is 7.02. The van der Waals surface area contributed by atoms with Crippen LogP contribution < -0.4 is 5.32 Å². The third-order valence-electron chi connectivity index (χ3n) is 1.48. The molecule has 1 heterocycles. The number of sulfone groups is 1. The molecule has 0 fully saturated rings. The van der Waals surface area contributed by atoms with E-state index in [0.717, 1.165) is 18.0 Å². The highest BCUT2D eigenvalue weighted by atomic mass is 32.2. The normalized spacial score (nSPS) is 11.9. The summed E-state index contributed by atoms with van der Waals surface area (Å²) < 4.78 is 21.9. The Morgan fingerprint density at radius 1 is 1.36 bits per heavy atom. The first-order chi connectivity index (χ1) is 6.51. The number of aromatic nitrogens is 2. The van der Waals surface area contributed by atoms with E-state index in [9.17, 15) is 8.42 Å². The number of nitrogens with one attached hydrogen (secondary N) is 1. The van der Waals surface area contributed by atoms with Crippen LogP contribution in [0.3, 0.4) is 0 Å². The van der Waals surface area contributed by atoms with Crippen molar-refractivity contribution in [1.82, 2.24) is 15.5 Å². The van der Waals surface area contributed by atoms with E-state index in [0.29, 0.717) is 5.01 Å². The molecule has 0 saturated heterocycles. The van der Waals surface area contributed by atoms with Crippen LogP contribution in [0.5, 0.6) is 0 Å². The van der Waals surface area contributed by atoms with Gasteiger partial charge in [-0.3, -0.25) is 0 Å². The molecule has 0 atom stereocenters. The van der Waals surface area contributed by atoms with Crippen molar-refractivity contribution in [1.29, 1.82) is 0 Å². The molecule has 1 aromatic rings. The van der Waals surface area contributed by atoms with Crippen molar-refractivity contribution in [2.75, 3.05) is 19.8 Å². The maximum absolute atomic E-state index is 11.0. The van der Waals surface area contributed by atoms with E-state index >= 15 is 0 Å². The summed E-state index contributed by atoms with van der Waals surface area (Å²) in [6, 6.07) is 0. The van der Waals surface area contributed by atoms with E-state index in [2.05, 4.69) is 15.5 Å². The van der Waals surface area contributed by atoms with Crippen molar-refractivity contribution in [2.24, 2.45) is 0 Å². The fourth-order valence-electron chi connectivity index (χ4n) is 0.904. The predicted molar refractivity (Wildman–Crippen MR) is 56.1 cm³/mol. The minimum Gasteiger partial charge on any atom is -0.319 e. The number of rotatable bonds is 5. The number of hydrogen-bond donors (Lipinski definition) is 1. The van der Waals surface area contributed by atoms with Crippen molar-refractivity contribution in [3.63, 3.8) is 0 Å². The SMILES string of the molecule is CNCCc1nnc(CS(C)(=O)=O)s1. The topological polar surface area (TPSA) is 72.0 Å². The molecule has 0 spiro atoms. The monoisotopic (exact) mass is 235 g/mol. The number of nitrogens with zero attached hydrogens (tertiary/aromatic N) is 2. The zero-order valence-electron chi connectivity index (χ0n) is 8.15. The third kappa shape index (κ3) is 4.12. The molecule has 0 aromatic carbocycles. The van der Waals surface area contributed by atoms with Gasteiger partial charge in [-0.05, 0) is 7.05 Å². The summed E-state index contributed by atoms with van der Waals surface area (Å²) in [6.07, 6.45) is 1.99. The van der Waals surface area contributed by atoms with Gasteiger partial charge < -0.3 is 5.32 Å². The second-order valence-corrected chi connectivity index (χ2v) is 6.30. The molecule has 0 radical (unpaired) electrons. The molecule has 1 N–H and O–H groups in total. The highest BCUT2D eigenvalue weighted by molar-refractivity contribution is 7.90. The molecule has 1 rings (SSSR count). The van der Waals surface area contributed by atoms with Gasteiger partial charge in [0.25, 0.3) is 0 Å². The second kappa shape index (κ2) is 4.81. The fraction of sp³-hybridized carbons (Fsp3) is 0.714. The van der Waals surface area contributed by atoms with Gasteiger partial charge in [0.15, 0.2) is 9.84 Å². The van der Waals surface area contributed by atoms with Crippen LogP contribution in [0.15, 0.2) is 0 Å². The standard InChI is InChI=1S/C7H13N3O2S2/c1-8-4-3-6-9-10-7(13-6)5-14(2,11)12/h8H,3-5H2,1-2H3. The Morgan fingerprint density at radius 3 is 2.57 bits per heavy atom. The van der Waals surface area contributed by atoms with Crippen molar-refractivity contribution in [2.45, 2.75) is 12.2 Å². The van der Waals surface area contributed by atoms with Gasteiger partial charge in [0.05, 0.1) is 0 Å². The van der Waals surface area contributed by atoms with Crippen molar-refractivity contribution in [3.8, 4) is 0 Å². The average Bonchev–Trinajstić information content (AvgIpc) is 2.46. The molecular weight excluding hydrogens is 222 g/mol. The summed E-state index contributed by atoms with van der Waals surface area (Å²) in [5, 5.41) is 12.2. The van der Waals surface area contributed by atoms with E-state index in [4.69, 9.17) is 0 Å². The van der Waals surface area contributed by atoms with Crippen LogP contribution in [0.1, 0.15) is 10.0 Å². The number of likely N-dealkylation sites (N-methyl/N-ethyl adjacent to an activating group) is 1. The molecule has 0 aliphatic carbocycles. The van der Waals surface area contributed by atoms with Crippen LogP contribution in [0.4, 0.5) is 0 Å². The molecule has 0 saturated carbocycles. The Labute approximate surface area is 87.5 Å². The molecule has 0 aliphatic rings. The summed E-state index contributed by atoms with van der Waals surface area (Å²) in [4.78, 5) is 0. The van der Waals surface area contributed by atoms with Gasteiger partial charge in [0, 0.05) is 19.2 Å². The highest BCUT2D eigenvalue weighted by Crippen LogP contribution is 2.12. The molecular formula is C7H13N3O2S2. The molecule has 0 aliphatic heterocycles. The fourth-order valence-corrected chi connectivity index (χ4v) is 2.93. The van der Waals surface area contributed by atoms with E-state index in [1.54, 1.807) is 0 Å². The Kier molecular flexibility index (Phi) is 3.97. The number of hydrogen-bond acceptors (Lipinski definition) is 6. The van der Waals surface area contributed by atoms with Gasteiger partial charge in [0.1, 0.15) is 15.8 Å². The molecule has 0 unspecified atom stereocenters. The largest absolute Gasteiger partial charge is 0.319 e. The summed E-state index contributed by atoms with van der Waals surface area (Å²) in [5.41, 5.74) is 0. The first-order valence-electron chi connectivity index (χ1n) is 4.15. The second-order valence-electron chi connectivity index (χ2n) is 3.01. The van der Waals surface area contributed by atoms with Crippen LogP contribution in [0, 0.1) is 0 Å². The summed E-state index contributed by atoms with van der Waals surface area (Å²) in [5.74, 6) is -0.00970. The van der Waals surface area contributed by atoms with Crippen LogP contribution in [0.2, 0.25) is 0 Å². The lowest BCUT2D eigenvalue weighted by molar-refractivity contribution is 0.600. The molecule has 14 heavy (non-hydrogen) atoms. The summed E-state index contributed by atoms with van der Waals surface area (Å²) in [7, 11) is -1.13. The van der Waals surface area contributed by atoms with Gasteiger partial charge in [-0.25, -0.2) is 8.42 Å². The van der Waals surface area contributed by atoms with Crippen molar-refractivity contribution in [3.05, 3.63) is 10.0 Å². The highest BCUT2D eigenvalue weighted by Gasteiger charge is 2.09. The Hall–Kier alpha value is -0.530. The molecule has 0 bridgehead atoms. The van der Waals surface area contributed by atoms with E-state index < -0.39 is 9.84 Å². The lowest BCUT2D eigenvalue weighted by atomic mass is 10.4. The molecule has 1 aromatic heterocycles. The van der Waals surface area contributed by atoms with Crippen molar-refractivity contribution < 1.29 is 8.42 Å². The predicted octanol–water partition coefficient (Wildman–Crippen LogP) is -0.155. The Balaban J connectivity index is 2.59. The van der Waals surface area contributed by atoms with Crippen LogP contribution >= 0.6 is 11.3 Å². The lowest BCUT2D eigenvalue weighted by Crippen LogP contribution is -2.09. The van der Waals surface area contributed by atoms with Gasteiger partial charge in [-0.15, -0.1) is 21.5 Å².